The van der Waals surface area contributed by atoms with E-state index in [4.69, 9.17) is 11.6 Å². The fourth-order valence-corrected chi connectivity index (χ4v) is 3.33. The zero-order valence-electron chi connectivity index (χ0n) is 15.5. The number of amides is 2. The van der Waals surface area contributed by atoms with Crippen molar-refractivity contribution in [1.82, 2.24) is 4.90 Å². The number of halogens is 3. The Hall–Kier alpha value is -3.51. The second-order valence-electron chi connectivity index (χ2n) is 6.69. The van der Waals surface area contributed by atoms with Gasteiger partial charge < -0.3 is 5.32 Å². The summed E-state index contributed by atoms with van der Waals surface area (Å²) in [6, 6.07) is 18.7. The molecule has 3 aromatic rings. The molecule has 2 amide bonds. The molecule has 4 nitrogen and oxygen atoms in total. The lowest BCUT2D eigenvalue weighted by atomic mass is 10.0. The molecule has 3 aromatic carbocycles. The van der Waals surface area contributed by atoms with Crippen LogP contribution in [-0.4, -0.2) is 16.7 Å². The van der Waals surface area contributed by atoms with E-state index in [-0.39, 0.29) is 23.5 Å². The van der Waals surface area contributed by atoms with Gasteiger partial charge in [-0.3, -0.25) is 14.5 Å². The average molecular weight is 425 g/mol. The van der Waals surface area contributed by atoms with E-state index < -0.39 is 23.4 Å². The molecule has 0 spiro atoms. The first-order valence-electron chi connectivity index (χ1n) is 9.06. The van der Waals surface area contributed by atoms with Gasteiger partial charge in [-0.1, -0.05) is 54.1 Å². The maximum atomic E-state index is 13.6. The van der Waals surface area contributed by atoms with Crippen molar-refractivity contribution in [3.63, 3.8) is 0 Å². The Bertz CT molecular complexity index is 1160. The van der Waals surface area contributed by atoms with E-state index >= 15 is 0 Å². The lowest BCUT2D eigenvalue weighted by Crippen LogP contribution is -2.32. The number of rotatable bonds is 5. The lowest BCUT2D eigenvalue weighted by Gasteiger charge is -2.15. The van der Waals surface area contributed by atoms with Gasteiger partial charge >= 0.3 is 0 Å². The fraction of sp³-hybridized carbons (Fsp3) is 0.0435. The SMILES string of the molecule is O=C1C(Nc2ccc(F)c(F)c2)=C(c2ccc(Cl)cc2)C(=O)N1Cc1ccccc1. The Morgan fingerprint density at radius 2 is 1.53 bits per heavy atom. The minimum atomic E-state index is -1.06. The second kappa shape index (κ2) is 8.08. The topological polar surface area (TPSA) is 49.4 Å². The Kier molecular flexibility index (Phi) is 5.33. The van der Waals surface area contributed by atoms with Gasteiger partial charge in [0.2, 0.25) is 0 Å². The molecule has 0 radical (unpaired) electrons. The van der Waals surface area contributed by atoms with Gasteiger partial charge in [0.15, 0.2) is 11.6 Å². The van der Waals surface area contributed by atoms with Crippen LogP contribution in [0.2, 0.25) is 5.02 Å². The summed E-state index contributed by atoms with van der Waals surface area (Å²) in [5.41, 5.74) is 1.54. The molecule has 0 saturated carbocycles. The van der Waals surface area contributed by atoms with Gasteiger partial charge in [0, 0.05) is 16.8 Å². The van der Waals surface area contributed by atoms with Gasteiger partial charge in [0.25, 0.3) is 11.8 Å². The predicted molar refractivity (Wildman–Crippen MR) is 110 cm³/mol. The highest BCUT2D eigenvalue weighted by Crippen LogP contribution is 2.32. The number of imide groups is 1. The van der Waals surface area contributed by atoms with Crippen molar-refractivity contribution in [3.8, 4) is 0 Å². The minimum absolute atomic E-state index is 0.00994. The highest BCUT2D eigenvalue weighted by Gasteiger charge is 2.39. The Morgan fingerprint density at radius 3 is 2.20 bits per heavy atom. The third kappa shape index (κ3) is 3.82. The molecule has 1 aliphatic heterocycles. The summed E-state index contributed by atoms with van der Waals surface area (Å²) in [6.07, 6.45) is 0. The molecule has 0 fully saturated rings. The molecular weight excluding hydrogens is 410 g/mol. The number of nitrogens with one attached hydrogen (secondary N) is 1. The molecule has 7 heteroatoms. The van der Waals surface area contributed by atoms with Gasteiger partial charge in [-0.25, -0.2) is 8.78 Å². The molecule has 0 bridgehead atoms. The highest BCUT2D eigenvalue weighted by molar-refractivity contribution is 6.36. The van der Waals surface area contributed by atoms with Crippen LogP contribution >= 0.6 is 11.6 Å². The molecule has 150 valence electrons. The first-order chi connectivity index (χ1) is 14.4. The van der Waals surface area contributed by atoms with Crippen LogP contribution in [-0.2, 0) is 16.1 Å². The normalized spacial score (nSPS) is 13.9. The maximum Gasteiger partial charge on any atom is 0.278 e. The average Bonchev–Trinajstić information content (AvgIpc) is 2.96. The highest BCUT2D eigenvalue weighted by atomic mass is 35.5. The van der Waals surface area contributed by atoms with Crippen molar-refractivity contribution < 1.29 is 18.4 Å². The van der Waals surface area contributed by atoms with Crippen LogP contribution in [0.5, 0.6) is 0 Å². The van der Waals surface area contributed by atoms with Gasteiger partial charge in [-0.2, -0.15) is 0 Å². The van der Waals surface area contributed by atoms with Crippen LogP contribution in [0.4, 0.5) is 14.5 Å². The van der Waals surface area contributed by atoms with Gasteiger partial charge in [-0.15, -0.1) is 0 Å². The monoisotopic (exact) mass is 424 g/mol. The first kappa shape index (κ1) is 19.8. The van der Waals surface area contributed by atoms with Crippen LogP contribution < -0.4 is 5.32 Å². The fourth-order valence-electron chi connectivity index (χ4n) is 3.20. The minimum Gasteiger partial charge on any atom is -0.350 e. The van der Waals surface area contributed by atoms with Crippen molar-refractivity contribution >= 4 is 34.7 Å². The van der Waals surface area contributed by atoms with E-state index in [1.54, 1.807) is 24.3 Å². The summed E-state index contributed by atoms with van der Waals surface area (Å²) < 4.78 is 26.9. The van der Waals surface area contributed by atoms with Gasteiger partial charge in [-0.05, 0) is 35.4 Å². The van der Waals surface area contributed by atoms with E-state index in [1.807, 2.05) is 30.3 Å². The zero-order valence-corrected chi connectivity index (χ0v) is 16.3. The van der Waals surface area contributed by atoms with Gasteiger partial charge in [0.05, 0.1) is 12.1 Å². The van der Waals surface area contributed by atoms with E-state index in [9.17, 15) is 18.4 Å². The number of carbonyl (C=O) groups excluding carboxylic acids is 2. The van der Waals surface area contributed by atoms with Gasteiger partial charge in [0.1, 0.15) is 5.70 Å². The third-order valence-corrected chi connectivity index (χ3v) is 4.93. The van der Waals surface area contributed by atoms with E-state index in [0.29, 0.717) is 10.6 Å². The number of carbonyl (C=O) groups is 2. The standard InChI is InChI=1S/C23H15ClF2N2O2/c24-16-8-6-15(7-9-16)20-21(27-17-10-11-18(25)19(26)12-17)23(30)28(22(20)29)13-14-4-2-1-3-5-14/h1-12,27H,13H2. The van der Waals surface area contributed by atoms with Crippen LogP contribution in [0, 0.1) is 11.6 Å². The number of nitrogens with zero attached hydrogens (tertiary/aromatic N) is 1. The zero-order chi connectivity index (χ0) is 21.3. The molecule has 1 aliphatic rings. The molecule has 1 N–H and O–H groups in total. The molecule has 30 heavy (non-hydrogen) atoms. The van der Waals surface area contributed by atoms with Crippen LogP contribution in [0.15, 0.2) is 78.5 Å². The third-order valence-electron chi connectivity index (χ3n) is 4.67. The molecule has 1 heterocycles. The quantitative estimate of drug-likeness (QED) is 0.586. The van der Waals surface area contributed by atoms with Crippen molar-refractivity contribution in [2.45, 2.75) is 6.54 Å². The van der Waals surface area contributed by atoms with Crippen LogP contribution in [0.1, 0.15) is 11.1 Å². The predicted octanol–water partition coefficient (Wildman–Crippen LogP) is 5.01. The van der Waals surface area contributed by atoms with E-state index in [2.05, 4.69) is 5.32 Å². The van der Waals surface area contributed by atoms with E-state index in [0.717, 1.165) is 22.6 Å². The van der Waals surface area contributed by atoms with Crippen LogP contribution in [0.25, 0.3) is 5.57 Å². The molecule has 0 aromatic heterocycles. The smallest absolute Gasteiger partial charge is 0.278 e. The molecule has 0 saturated heterocycles. The number of anilines is 1. The van der Waals surface area contributed by atoms with Crippen LogP contribution in [0.3, 0.4) is 0 Å². The largest absolute Gasteiger partial charge is 0.350 e. The summed E-state index contributed by atoms with van der Waals surface area (Å²) in [5.74, 6) is -3.12. The molecule has 4 rings (SSSR count). The summed E-state index contributed by atoms with van der Waals surface area (Å²) in [5, 5.41) is 3.28. The van der Waals surface area contributed by atoms with Crippen molar-refractivity contribution in [2.24, 2.45) is 0 Å². The Labute approximate surface area is 176 Å². The number of benzene rings is 3. The summed E-state index contributed by atoms with van der Waals surface area (Å²) in [4.78, 5) is 27.4. The molecular formula is C23H15ClF2N2O2. The summed E-state index contributed by atoms with van der Waals surface area (Å²) >= 11 is 5.95. The number of hydrogen-bond donors (Lipinski definition) is 1. The first-order valence-corrected chi connectivity index (χ1v) is 9.44. The van der Waals surface area contributed by atoms with Crippen molar-refractivity contribution in [1.29, 1.82) is 0 Å². The summed E-state index contributed by atoms with van der Waals surface area (Å²) in [7, 11) is 0. The second-order valence-corrected chi connectivity index (χ2v) is 7.13. The molecule has 0 aliphatic carbocycles. The Morgan fingerprint density at radius 1 is 0.833 bits per heavy atom. The molecule has 0 atom stereocenters. The Balaban J connectivity index is 1.75. The maximum absolute atomic E-state index is 13.6. The molecule has 0 unspecified atom stereocenters. The lowest BCUT2D eigenvalue weighted by molar-refractivity contribution is -0.137. The van der Waals surface area contributed by atoms with Crippen molar-refractivity contribution in [3.05, 3.63) is 106 Å². The van der Waals surface area contributed by atoms with E-state index in [1.165, 1.54) is 6.07 Å². The number of hydrogen-bond acceptors (Lipinski definition) is 3. The van der Waals surface area contributed by atoms with Crippen molar-refractivity contribution in [2.75, 3.05) is 5.32 Å². The summed E-state index contributed by atoms with van der Waals surface area (Å²) in [6.45, 7) is 0.0819.